The molecule has 0 spiro atoms. The first-order chi connectivity index (χ1) is 5.20. The van der Waals surface area contributed by atoms with Crippen LogP contribution in [0.2, 0.25) is 0 Å². The van der Waals surface area contributed by atoms with Crippen molar-refractivity contribution < 1.29 is 14.6 Å². The molecule has 0 aromatic heterocycles. The number of nitrogens with one attached hydrogen (secondary N) is 1. The van der Waals surface area contributed by atoms with Gasteiger partial charge >= 0.3 is 5.97 Å². The van der Waals surface area contributed by atoms with Crippen LogP contribution in [0.4, 0.5) is 0 Å². The lowest BCUT2D eigenvalue weighted by molar-refractivity contribution is -0.142. The van der Waals surface area contributed by atoms with Gasteiger partial charge in [-0.25, -0.2) is 4.79 Å². The fourth-order valence-corrected chi connectivity index (χ4v) is 0.556. The van der Waals surface area contributed by atoms with Crippen LogP contribution in [-0.2, 0) is 9.53 Å². The predicted octanol–water partition coefficient (Wildman–Crippen LogP) is -0.357. The van der Waals surface area contributed by atoms with Gasteiger partial charge in [-0.1, -0.05) is 6.58 Å². The first-order valence-corrected chi connectivity index (χ1v) is 3.35. The number of aliphatic hydroxyl groups excluding tert-OH is 1. The number of ether oxygens (including phenoxy) is 1. The Morgan fingerprint density at radius 3 is 3.00 bits per heavy atom. The van der Waals surface area contributed by atoms with E-state index in [9.17, 15) is 4.79 Å². The third-order valence-corrected chi connectivity index (χ3v) is 1.03. The van der Waals surface area contributed by atoms with Gasteiger partial charge in [-0.2, -0.15) is 0 Å². The van der Waals surface area contributed by atoms with Crippen molar-refractivity contribution in [3.63, 3.8) is 0 Å². The van der Waals surface area contributed by atoms with Gasteiger partial charge in [-0.05, 0) is 6.92 Å². The molecular weight excluding hydrogens is 146 g/mol. The van der Waals surface area contributed by atoms with E-state index in [0.717, 1.165) is 6.08 Å². The van der Waals surface area contributed by atoms with E-state index in [1.54, 1.807) is 6.92 Å². The molecule has 4 heteroatoms. The Bertz CT molecular complexity index is 136. The summed E-state index contributed by atoms with van der Waals surface area (Å²) in [4.78, 5) is 10.6. The number of carbonyl (C=O) groups is 1. The van der Waals surface area contributed by atoms with Gasteiger partial charge in [-0.3, -0.25) is 5.32 Å². The summed E-state index contributed by atoms with van der Waals surface area (Å²) in [6, 6.07) is 0. The van der Waals surface area contributed by atoms with E-state index in [4.69, 9.17) is 9.84 Å². The van der Waals surface area contributed by atoms with Crippen molar-refractivity contribution in [3.8, 4) is 0 Å². The third kappa shape index (κ3) is 5.57. The number of hydrogen-bond acceptors (Lipinski definition) is 4. The Balaban J connectivity index is 3.43. The summed E-state index contributed by atoms with van der Waals surface area (Å²) in [5, 5.41) is 11.0. The highest BCUT2D eigenvalue weighted by atomic mass is 16.5. The van der Waals surface area contributed by atoms with Gasteiger partial charge < -0.3 is 9.84 Å². The SMILES string of the molecule is C=CC(=O)OC(C)CNCO. The quantitative estimate of drug-likeness (QED) is 0.327. The lowest BCUT2D eigenvalue weighted by atomic mass is 10.4. The van der Waals surface area contributed by atoms with E-state index in [1.165, 1.54) is 0 Å². The van der Waals surface area contributed by atoms with Crippen LogP contribution in [0.15, 0.2) is 12.7 Å². The molecule has 0 saturated heterocycles. The number of carbonyl (C=O) groups excluding carboxylic acids is 1. The van der Waals surface area contributed by atoms with Crippen molar-refractivity contribution in [3.05, 3.63) is 12.7 Å². The average molecular weight is 159 g/mol. The molecule has 64 valence electrons. The topological polar surface area (TPSA) is 58.6 Å². The van der Waals surface area contributed by atoms with E-state index in [1.807, 2.05) is 0 Å². The molecule has 4 nitrogen and oxygen atoms in total. The molecule has 2 N–H and O–H groups in total. The lowest BCUT2D eigenvalue weighted by Gasteiger charge is -2.10. The fourth-order valence-electron chi connectivity index (χ4n) is 0.556. The molecule has 0 aromatic rings. The molecular formula is C7H13NO3. The van der Waals surface area contributed by atoms with Crippen LogP contribution in [0.3, 0.4) is 0 Å². The molecule has 0 fully saturated rings. The maximum atomic E-state index is 10.6. The standard InChI is InChI=1S/C7H13NO3/c1-3-7(10)11-6(2)4-8-5-9/h3,6,8-9H,1,4-5H2,2H3. The van der Waals surface area contributed by atoms with Gasteiger partial charge in [0.05, 0.1) is 6.73 Å². The van der Waals surface area contributed by atoms with Crippen LogP contribution < -0.4 is 5.32 Å². The van der Waals surface area contributed by atoms with Crippen LogP contribution in [0, 0.1) is 0 Å². The highest BCUT2D eigenvalue weighted by Crippen LogP contribution is 1.89. The molecule has 0 aromatic carbocycles. The summed E-state index contributed by atoms with van der Waals surface area (Å²) in [6.07, 6.45) is 0.864. The van der Waals surface area contributed by atoms with Gasteiger partial charge in [0.1, 0.15) is 6.10 Å². The highest BCUT2D eigenvalue weighted by Gasteiger charge is 2.04. The van der Waals surface area contributed by atoms with E-state index >= 15 is 0 Å². The molecule has 0 heterocycles. The molecule has 0 bridgehead atoms. The molecule has 0 aliphatic carbocycles. The number of esters is 1. The first-order valence-electron chi connectivity index (χ1n) is 3.35. The minimum Gasteiger partial charge on any atom is -0.458 e. The van der Waals surface area contributed by atoms with Crippen LogP contribution >= 0.6 is 0 Å². The summed E-state index contributed by atoms with van der Waals surface area (Å²) in [7, 11) is 0. The predicted molar refractivity (Wildman–Crippen MR) is 40.8 cm³/mol. The van der Waals surface area contributed by atoms with Gasteiger partial charge in [-0.15, -0.1) is 0 Å². The van der Waals surface area contributed by atoms with Gasteiger partial charge in [0.2, 0.25) is 0 Å². The van der Waals surface area contributed by atoms with Crippen molar-refractivity contribution in [2.75, 3.05) is 13.3 Å². The lowest BCUT2D eigenvalue weighted by Crippen LogP contribution is -2.28. The Labute approximate surface area is 65.9 Å². The summed E-state index contributed by atoms with van der Waals surface area (Å²) >= 11 is 0. The second-order valence-corrected chi connectivity index (χ2v) is 2.06. The van der Waals surface area contributed by atoms with E-state index < -0.39 is 5.97 Å². The Morgan fingerprint density at radius 2 is 2.55 bits per heavy atom. The molecule has 1 unspecified atom stereocenters. The monoisotopic (exact) mass is 159 g/mol. The molecule has 0 aliphatic heterocycles. The fraction of sp³-hybridized carbons (Fsp3) is 0.571. The zero-order chi connectivity index (χ0) is 8.69. The maximum Gasteiger partial charge on any atom is 0.330 e. The molecule has 0 amide bonds. The average Bonchev–Trinajstić information content (AvgIpc) is 2.00. The zero-order valence-corrected chi connectivity index (χ0v) is 6.54. The van der Waals surface area contributed by atoms with E-state index in [2.05, 4.69) is 11.9 Å². The number of aliphatic hydroxyl groups is 1. The summed E-state index contributed by atoms with van der Waals surface area (Å²) in [5.74, 6) is -0.447. The Morgan fingerprint density at radius 1 is 1.91 bits per heavy atom. The molecule has 0 saturated carbocycles. The van der Waals surface area contributed by atoms with Gasteiger partial charge in [0, 0.05) is 12.6 Å². The van der Waals surface area contributed by atoms with Crippen molar-refractivity contribution in [1.29, 1.82) is 0 Å². The molecule has 0 radical (unpaired) electrons. The van der Waals surface area contributed by atoms with Gasteiger partial charge in [0.25, 0.3) is 0 Å². The number of rotatable bonds is 5. The maximum absolute atomic E-state index is 10.6. The van der Waals surface area contributed by atoms with Crippen molar-refractivity contribution in [1.82, 2.24) is 5.32 Å². The van der Waals surface area contributed by atoms with Crippen LogP contribution in [-0.4, -0.2) is 30.5 Å². The Hall–Kier alpha value is -0.870. The molecule has 0 aliphatic rings. The normalized spacial score (nSPS) is 12.2. The summed E-state index contributed by atoms with van der Waals surface area (Å²) in [5.41, 5.74) is 0. The smallest absolute Gasteiger partial charge is 0.330 e. The van der Waals surface area contributed by atoms with Crippen molar-refractivity contribution in [2.24, 2.45) is 0 Å². The van der Waals surface area contributed by atoms with Crippen LogP contribution in [0.5, 0.6) is 0 Å². The largest absolute Gasteiger partial charge is 0.458 e. The van der Waals surface area contributed by atoms with Crippen molar-refractivity contribution in [2.45, 2.75) is 13.0 Å². The summed E-state index contributed by atoms with van der Waals surface area (Å²) < 4.78 is 4.77. The van der Waals surface area contributed by atoms with E-state index in [-0.39, 0.29) is 12.8 Å². The zero-order valence-electron chi connectivity index (χ0n) is 6.54. The minimum absolute atomic E-state index is 0.115. The van der Waals surface area contributed by atoms with E-state index in [0.29, 0.717) is 6.54 Å². The first kappa shape index (κ1) is 10.1. The molecule has 11 heavy (non-hydrogen) atoms. The third-order valence-electron chi connectivity index (χ3n) is 1.03. The van der Waals surface area contributed by atoms with Crippen LogP contribution in [0.25, 0.3) is 0 Å². The molecule has 1 atom stereocenters. The van der Waals surface area contributed by atoms with Gasteiger partial charge in [0.15, 0.2) is 0 Å². The van der Waals surface area contributed by atoms with Crippen LogP contribution in [0.1, 0.15) is 6.92 Å². The number of hydrogen-bond donors (Lipinski definition) is 2. The second kappa shape index (κ2) is 5.88. The van der Waals surface area contributed by atoms with Crippen molar-refractivity contribution >= 4 is 5.97 Å². The second-order valence-electron chi connectivity index (χ2n) is 2.06. The Kier molecular flexibility index (Phi) is 5.42. The highest BCUT2D eigenvalue weighted by molar-refractivity contribution is 5.81. The summed E-state index contributed by atoms with van der Waals surface area (Å²) in [6.45, 7) is 5.30. The molecule has 0 rings (SSSR count). The minimum atomic E-state index is -0.447.